The van der Waals surface area contributed by atoms with Gasteiger partial charge in [0.2, 0.25) is 0 Å². The molecule has 0 aliphatic carbocycles. The Labute approximate surface area is 128 Å². The lowest BCUT2D eigenvalue weighted by Crippen LogP contribution is -2.08. The van der Waals surface area contributed by atoms with Gasteiger partial charge in [0.1, 0.15) is 16.1 Å². The molecule has 1 aromatic heterocycles. The minimum Gasteiger partial charge on any atom is -0.384 e. The van der Waals surface area contributed by atoms with Gasteiger partial charge in [0.15, 0.2) is 0 Å². The lowest BCUT2D eigenvalue weighted by Gasteiger charge is -2.12. The molecule has 0 amide bonds. The second kappa shape index (κ2) is 6.53. The van der Waals surface area contributed by atoms with Crippen LogP contribution in [0.4, 0.5) is 0 Å². The van der Waals surface area contributed by atoms with Gasteiger partial charge in [-0.1, -0.05) is 60.0 Å². The third kappa shape index (κ3) is 3.29. The van der Waals surface area contributed by atoms with Crippen LogP contribution in [0.1, 0.15) is 24.2 Å². The van der Waals surface area contributed by atoms with Gasteiger partial charge in [-0.05, 0) is 12.5 Å². The molecule has 5 heteroatoms. The van der Waals surface area contributed by atoms with Crippen LogP contribution in [0.3, 0.4) is 0 Å². The SMILES string of the molecule is COCC(C)c1nc(Cl)c(-c2ccc(C)cc2)c(Cl)n1. The molecule has 0 aliphatic heterocycles. The largest absolute Gasteiger partial charge is 0.384 e. The average molecular weight is 311 g/mol. The predicted molar refractivity (Wildman–Crippen MR) is 82.5 cm³/mol. The Kier molecular flexibility index (Phi) is 4.97. The summed E-state index contributed by atoms with van der Waals surface area (Å²) in [5.41, 5.74) is 2.76. The van der Waals surface area contributed by atoms with Gasteiger partial charge in [-0.15, -0.1) is 0 Å². The van der Waals surface area contributed by atoms with Crippen molar-refractivity contribution in [2.75, 3.05) is 13.7 Å². The van der Waals surface area contributed by atoms with Crippen LogP contribution in [0.2, 0.25) is 10.3 Å². The summed E-state index contributed by atoms with van der Waals surface area (Å²) in [6.45, 7) is 4.52. The van der Waals surface area contributed by atoms with Gasteiger partial charge in [0, 0.05) is 13.0 Å². The van der Waals surface area contributed by atoms with Crippen molar-refractivity contribution in [2.45, 2.75) is 19.8 Å². The maximum absolute atomic E-state index is 6.28. The Morgan fingerprint density at radius 3 is 2.15 bits per heavy atom. The lowest BCUT2D eigenvalue weighted by atomic mass is 10.1. The van der Waals surface area contributed by atoms with Gasteiger partial charge in [-0.3, -0.25) is 0 Å². The summed E-state index contributed by atoms with van der Waals surface area (Å²) in [4.78, 5) is 8.68. The molecule has 0 N–H and O–H groups in total. The first-order valence-corrected chi connectivity index (χ1v) is 7.07. The zero-order valence-corrected chi connectivity index (χ0v) is 13.2. The summed E-state index contributed by atoms with van der Waals surface area (Å²) in [5, 5.41) is 0.735. The van der Waals surface area contributed by atoms with E-state index in [-0.39, 0.29) is 5.92 Å². The highest BCUT2D eigenvalue weighted by atomic mass is 35.5. The molecule has 20 heavy (non-hydrogen) atoms. The van der Waals surface area contributed by atoms with E-state index in [1.54, 1.807) is 7.11 Å². The molecule has 1 heterocycles. The molecule has 0 aliphatic rings. The monoisotopic (exact) mass is 310 g/mol. The first-order chi connectivity index (χ1) is 9.52. The van der Waals surface area contributed by atoms with E-state index < -0.39 is 0 Å². The van der Waals surface area contributed by atoms with Crippen molar-refractivity contribution in [2.24, 2.45) is 0 Å². The number of nitrogens with zero attached hydrogens (tertiary/aromatic N) is 2. The van der Waals surface area contributed by atoms with E-state index in [1.807, 2.05) is 38.1 Å². The van der Waals surface area contributed by atoms with E-state index in [2.05, 4.69) is 9.97 Å². The predicted octanol–water partition coefficient (Wildman–Crippen LogP) is 4.51. The number of ether oxygens (including phenoxy) is 1. The van der Waals surface area contributed by atoms with E-state index >= 15 is 0 Å². The van der Waals surface area contributed by atoms with E-state index in [9.17, 15) is 0 Å². The van der Waals surface area contributed by atoms with E-state index in [4.69, 9.17) is 27.9 Å². The maximum Gasteiger partial charge on any atom is 0.142 e. The van der Waals surface area contributed by atoms with E-state index in [1.165, 1.54) is 5.56 Å². The average Bonchev–Trinajstić information content (AvgIpc) is 2.40. The number of methoxy groups -OCH3 is 1. The number of hydrogen-bond donors (Lipinski definition) is 0. The standard InChI is InChI=1S/C15H16Cl2N2O/c1-9-4-6-11(7-5-9)12-13(16)18-15(19-14(12)17)10(2)8-20-3/h4-7,10H,8H2,1-3H3. The summed E-state index contributed by atoms with van der Waals surface area (Å²) in [5.74, 6) is 0.639. The van der Waals surface area contributed by atoms with Crippen LogP contribution in [0, 0.1) is 6.92 Å². The van der Waals surface area contributed by atoms with Crippen LogP contribution in [-0.4, -0.2) is 23.7 Å². The molecule has 0 radical (unpaired) electrons. The molecule has 1 atom stereocenters. The highest BCUT2D eigenvalue weighted by molar-refractivity contribution is 6.37. The summed E-state index contributed by atoms with van der Waals surface area (Å²) in [7, 11) is 1.64. The van der Waals surface area contributed by atoms with Crippen molar-refractivity contribution < 1.29 is 4.74 Å². The van der Waals surface area contributed by atoms with E-state index in [0.717, 1.165) is 5.56 Å². The molecule has 2 aromatic rings. The Hall–Kier alpha value is -1.16. The first-order valence-electron chi connectivity index (χ1n) is 6.31. The van der Waals surface area contributed by atoms with Crippen LogP contribution in [0.25, 0.3) is 11.1 Å². The van der Waals surface area contributed by atoms with Crippen LogP contribution in [0.15, 0.2) is 24.3 Å². The third-order valence-electron chi connectivity index (χ3n) is 3.04. The van der Waals surface area contributed by atoms with Crippen LogP contribution < -0.4 is 0 Å². The van der Waals surface area contributed by atoms with Gasteiger partial charge < -0.3 is 4.74 Å². The van der Waals surface area contributed by atoms with Gasteiger partial charge in [-0.25, -0.2) is 9.97 Å². The topological polar surface area (TPSA) is 35.0 Å². The number of aryl methyl sites for hydroxylation is 1. The second-order valence-electron chi connectivity index (χ2n) is 4.76. The quantitative estimate of drug-likeness (QED) is 0.779. The molecule has 1 aromatic carbocycles. The smallest absolute Gasteiger partial charge is 0.142 e. The van der Waals surface area contributed by atoms with Crippen LogP contribution in [-0.2, 0) is 4.74 Å². The molecule has 3 nitrogen and oxygen atoms in total. The highest BCUT2D eigenvalue weighted by Gasteiger charge is 2.17. The third-order valence-corrected chi connectivity index (χ3v) is 3.58. The van der Waals surface area contributed by atoms with Crippen molar-refractivity contribution in [3.05, 3.63) is 46.0 Å². The van der Waals surface area contributed by atoms with Crippen molar-refractivity contribution in [3.8, 4) is 11.1 Å². The second-order valence-corrected chi connectivity index (χ2v) is 5.48. The zero-order chi connectivity index (χ0) is 14.7. The Balaban J connectivity index is 2.43. The fraction of sp³-hybridized carbons (Fsp3) is 0.333. The first kappa shape index (κ1) is 15.2. The molecule has 0 spiro atoms. The van der Waals surface area contributed by atoms with Crippen molar-refractivity contribution in [3.63, 3.8) is 0 Å². The van der Waals surface area contributed by atoms with E-state index in [0.29, 0.717) is 28.3 Å². The van der Waals surface area contributed by atoms with Crippen LogP contribution in [0.5, 0.6) is 0 Å². The van der Waals surface area contributed by atoms with Gasteiger partial charge in [-0.2, -0.15) is 0 Å². The van der Waals surface area contributed by atoms with Gasteiger partial charge in [0.25, 0.3) is 0 Å². The normalized spacial score (nSPS) is 12.4. The summed E-state index contributed by atoms with van der Waals surface area (Å²) in [6.07, 6.45) is 0. The Morgan fingerprint density at radius 2 is 1.65 bits per heavy atom. The summed E-state index contributed by atoms with van der Waals surface area (Å²) < 4.78 is 5.10. The molecule has 0 bridgehead atoms. The Bertz CT molecular complexity index is 576. The number of halogens is 2. The summed E-state index contributed by atoms with van der Waals surface area (Å²) in [6, 6.07) is 7.93. The summed E-state index contributed by atoms with van der Waals surface area (Å²) >= 11 is 12.6. The van der Waals surface area contributed by atoms with Gasteiger partial charge >= 0.3 is 0 Å². The number of hydrogen-bond acceptors (Lipinski definition) is 3. The number of benzene rings is 1. The molecule has 0 fully saturated rings. The minimum absolute atomic E-state index is 0.0436. The highest BCUT2D eigenvalue weighted by Crippen LogP contribution is 2.33. The van der Waals surface area contributed by atoms with Crippen molar-refractivity contribution >= 4 is 23.2 Å². The molecular weight excluding hydrogens is 295 g/mol. The molecule has 1 unspecified atom stereocenters. The fourth-order valence-corrected chi connectivity index (χ4v) is 2.55. The molecule has 2 rings (SSSR count). The molecule has 106 valence electrons. The zero-order valence-electron chi connectivity index (χ0n) is 11.7. The maximum atomic E-state index is 6.28. The lowest BCUT2D eigenvalue weighted by molar-refractivity contribution is 0.181. The molecule has 0 saturated carbocycles. The minimum atomic E-state index is 0.0436. The number of rotatable bonds is 4. The van der Waals surface area contributed by atoms with Crippen molar-refractivity contribution in [1.82, 2.24) is 9.97 Å². The molecule has 0 saturated heterocycles. The molecular formula is C15H16Cl2N2O. The fourth-order valence-electron chi connectivity index (χ4n) is 1.93. The Morgan fingerprint density at radius 1 is 1.10 bits per heavy atom. The number of aromatic nitrogens is 2. The van der Waals surface area contributed by atoms with Gasteiger partial charge in [0.05, 0.1) is 12.2 Å². The van der Waals surface area contributed by atoms with Crippen molar-refractivity contribution in [1.29, 1.82) is 0 Å². The van der Waals surface area contributed by atoms with Crippen LogP contribution >= 0.6 is 23.2 Å².